The van der Waals surface area contributed by atoms with E-state index in [1.54, 1.807) is 0 Å². The van der Waals surface area contributed by atoms with Gasteiger partial charge in [0, 0.05) is 25.1 Å². The second kappa shape index (κ2) is 16.2. The molecule has 1 aromatic heterocycles. The number of rotatable bonds is 16. The van der Waals surface area contributed by atoms with E-state index in [0.29, 0.717) is 0 Å². The van der Waals surface area contributed by atoms with Gasteiger partial charge in [0.2, 0.25) is 6.79 Å². The van der Waals surface area contributed by atoms with Crippen LogP contribution in [0.3, 0.4) is 0 Å². The van der Waals surface area contributed by atoms with Crippen molar-refractivity contribution in [2.75, 3.05) is 13.9 Å². The van der Waals surface area contributed by atoms with Crippen LogP contribution in [0, 0.1) is 5.92 Å². The summed E-state index contributed by atoms with van der Waals surface area (Å²) >= 11 is 0. The van der Waals surface area contributed by atoms with Crippen LogP contribution in [0.5, 0.6) is 17.2 Å². The summed E-state index contributed by atoms with van der Waals surface area (Å²) in [6, 6.07) is 10.1. The number of nitrogens with one attached hydrogen (secondary N) is 1. The molecule has 214 valence electrons. The largest absolute Gasteiger partial charge is 0.493 e. The van der Waals surface area contributed by atoms with Crippen molar-refractivity contribution in [2.24, 2.45) is 5.92 Å². The molecule has 0 radical (unpaired) electrons. The van der Waals surface area contributed by atoms with Gasteiger partial charge in [-0.3, -0.25) is 9.59 Å². The fraction of sp³-hybridized carbons (Fsp3) is 0.517. The molecule has 1 amide bonds. The van der Waals surface area contributed by atoms with Crippen LogP contribution < -0.4 is 19.5 Å². The van der Waals surface area contributed by atoms with Crippen molar-refractivity contribution >= 4 is 17.8 Å². The number of benzene rings is 1. The fourth-order valence-electron chi connectivity index (χ4n) is 4.07. The number of carbonyl (C=O) groups excluding carboxylic acids is 3. The third-order valence-electron chi connectivity index (χ3n) is 6.18. The molecular formula is C29H40N2O8. The van der Waals surface area contributed by atoms with Crippen LogP contribution in [0.4, 0.5) is 0 Å². The van der Waals surface area contributed by atoms with E-state index in [1.165, 1.54) is 33.2 Å². The summed E-state index contributed by atoms with van der Waals surface area (Å²) in [4.78, 5) is 41.2. The van der Waals surface area contributed by atoms with Crippen molar-refractivity contribution < 1.29 is 38.1 Å². The highest BCUT2D eigenvalue weighted by Gasteiger charge is 2.32. The number of hydrogen-bond donors (Lipinski definition) is 1. The Bertz CT molecular complexity index is 1060. The number of para-hydroxylation sites is 1. The van der Waals surface area contributed by atoms with Crippen LogP contribution in [0.15, 0.2) is 42.6 Å². The summed E-state index contributed by atoms with van der Waals surface area (Å²) in [5.74, 6) is -0.885. The number of amides is 1. The summed E-state index contributed by atoms with van der Waals surface area (Å²) in [6.45, 7) is 8.34. The molecule has 1 N–H and O–H groups in total. The van der Waals surface area contributed by atoms with Crippen molar-refractivity contribution in [3.8, 4) is 17.2 Å². The number of esters is 2. The molecule has 2 aromatic rings. The fourth-order valence-corrected chi connectivity index (χ4v) is 4.07. The Balaban J connectivity index is 2.10. The lowest BCUT2D eigenvalue weighted by atomic mass is 9.89. The van der Waals surface area contributed by atoms with Gasteiger partial charge in [0.05, 0.1) is 7.11 Å². The number of ether oxygens (including phenoxy) is 5. The number of methoxy groups -OCH3 is 1. The Labute approximate surface area is 230 Å². The Morgan fingerprint density at radius 1 is 1.05 bits per heavy atom. The van der Waals surface area contributed by atoms with E-state index in [4.69, 9.17) is 23.7 Å². The predicted molar refractivity (Wildman–Crippen MR) is 145 cm³/mol. The molecule has 0 fully saturated rings. The minimum Gasteiger partial charge on any atom is -0.493 e. The number of hydrogen-bond acceptors (Lipinski definition) is 9. The zero-order chi connectivity index (χ0) is 28.8. The van der Waals surface area contributed by atoms with Gasteiger partial charge in [-0.25, -0.2) is 9.78 Å². The van der Waals surface area contributed by atoms with Gasteiger partial charge >= 0.3 is 11.9 Å². The highest BCUT2D eigenvalue weighted by atomic mass is 16.7. The van der Waals surface area contributed by atoms with Crippen LogP contribution in [-0.4, -0.2) is 55.0 Å². The maximum atomic E-state index is 13.0. The molecule has 4 atom stereocenters. The number of unbranched alkanes of at least 4 members (excludes halogenated alkanes) is 1. The first-order valence-electron chi connectivity index (χ1n) is 13.2. The molecule has 10 heteroatoms. The minimum atomic E-state index is -0.976. The quantitative estimate of drug-likeness (QED) is 0.237. The maximum absolute atomic E-state index is 13.0. The molecule has 10 nitrogen and oxygen atoms in total. The van der Waals surface area contributed by atoms with Crippen LogP contribution in [0.2, 0.25) is 0 Å². The molecule has 0 unspecified atom stereocenters. The van der Waals surface area contributed by atoms with E-state index in [0.717, 1.165) is 31.4 Å². The summed E-state index contributed by atoms with van der Waals surface area (Å²) < 4.78 is 27.6. The van der Waals surface area contributed by atoms with Gasteiger partial charge in [-0.2, -0.15) is 0 Å². The molecule has 1 aromatic carbocycles. The van der Waals surface area contributed by atoms with Crippen LogP contribution in [0.25, 0.3) is 0 Å². The summed E-state index contributed by atoms with van der Waals surface area (Å²) in [5.41, 5.74) is -0.127. The van der Waals surface area contributed by atoms with Crippen LogP contribution in [0.1, 0.15) is 70.8 Å². The molecule has 2 rings (SSSR count). The summed E-state index contributed by atoms with van der Waals surface area (Å²) in [7, 11) is 1.40. The molecule has 0 aliphatic heterocycles. The first-order chi connectivity index (χ1) is 18.7. The van der Waals surface area contributed by atoms with Gasteiger partial charge in [0.25, 0.3) is 5.91 Å². The van der Waals surface area contributed by atoms with Crippen molar-refractivity contribution in [3.63, 3.8) is 0 Å². The van der Waals surface area contributed by atoms with Crippen molar-refractivity contribution in [3.05, 3.63) is 48.3 Å². The third kappa shape index (κ3) is 9.77. The molecule has 0 saturated carbocycles. The van der Waals surface area contributed by atoms with Crippen molar-refractivity contribution in [1.82, 2.24) is 10.3 Å². The average Bonchev–Trinajstić information content (AvgIpc) is 2.92. The Morgan fingerprint density at radius 3 is 2.38 bits per heavy atom. The van der Waals surface area contributed by atoms with E-state index < -0.39 is 36.8 Å². The van der Waals surface area contributed by atoms with E-state index in [1.807, 2.05) is 44.2 Å². The van der Waals surface area contributed by atoms with Crippen molar-refractivity contribution in [1.29, 1.82) is 0 Å². The van der Waals surface area contributed by atoms with Crippen molar-refractivity contribution in [2.45, 2.75) is 78.6 Å². The summed E-state index contributed by atoms with van der Waals surface area (Å²) in [6.07, 6.45) is 4.31. The zero-order valence-corrected chi connectivity index (χ0v) is 23.6. The Kier molecular flexibility index (Phi) is 13.1. The highest BCUT2D eigenvalue weighted by molar-refractivity contribution is 5.98. The maximum Gasteiger partial charge on any atom is 0.328 e. The molecule has 0 aliphatic carbocycles. The van der Waals surface area contributed by atoms with E-state index >= 15 is 0 Å². The normalized spacial score (nSPS) is 13.8. The molecule has 39 heavy (non-hydrogen) atoms. The van der Waals surface area contributed by atoms with E-state index in [2.05, 4.69) is 17.2 Å². The van der Waals surface area contributed by atoms with Gasteiger partial charge in [0.15, 0.2) is 17.2 Å². The third-order valence-corrected chi connectivity index (χ3v) is 6.18. The lowest BCUT2D eigenvalue weighted by Gasteiger charge is -2.32. The smallest absolute Gasteiger partial charge is 0.328 e. The lowest BCUT2D eigenvalue weighted by Crippen LogP contribution is -2.43. The van der Waals surface area contributed by atoms with Gasteiger partial charge in [-0.15, -0.1) is 0 Å². The molecule has 0 aliphatic rings. The Morgan fingerprint density at radius 2 is 1.77 bits per heavy atom. The first kappa shape index (κ1) is 31.4. The zero-order valence-electron chi connectivity index (χ0n) is 23.6. The molecule has 0 bridgehead atoms. The number of pyridine rings is 1. The van der Waals surface area contributed by atoms with E-state index in [9.17, 15) is 14.4 Å². The van der Waals surface area contributed by atoms with Crippen LogP contribution in [-0.2, 0) is 19.1 Å². The predicted octanol–water partition coefficient (Wildman–Crippen LogP) is 4.70. The SMILES string of the molecule is CCCC[C@@H]([C@H](C)OC(=O)[C@H](C)NC(=O)c1nccc(OC)c1OCOC(C)=O)[C@H](CC)Oc1ccccc1. The minimum absolute atomic E-state index is 0.0174. The topological polar surface area (TPSA) is 122 Å². The van der Waals surface area contributed by atoms with Crippen LogP contribution >= 0.6 is 0 Å². The van der Waals surface area contributed by atoms with Gasteiger partial charge in [0.1, 0.15) is 24.0 Å². The first-order valence-corrected chi connectivity index (χ1v) is 13.2. The summed E-state index contributed by atoms with van der Waals surface area (Å²) in [5, 5.41) is 2.61. The molecular weight excluding hydrogens is 504 g/mol. The highest BCUT2D eigenvalue weighted by Crippen LogP contribution is 2.30. The van der Waals surface area contributed by atoms with Gasteiger partial charge in [-0.05, 0) is 38.8 Å². The second-order valence-electron chi connectivity index (χ2n) is 9.11. The number of aromatic nitrogens is 1. The number of carbonyl (C=O) groups is 3. The second-order valence-corrected chi connectivity index (χ2v) is 9.11. The van der Waals surface area contributed by atoms with E-state index in [-0.39, 0.29) is 29.2 Å². The van der Waals surface area contributed by atoms with Gasteiger partial charge < -0.3 is 29.0 Å². The van der Waals surface area contributed by atoms with Gasteiger partial charge in [-0.1, -0.05) is 44.9 Å². The average molecular weight is 545 g/mol. The Hall–Kier alpha value is -3.82. The molecule has 0 saturated heterocycles. The lowest BCUT2D eigenvalue weighted by molar-refractivity contribution is -0.155. The molecule has 0 spiro atoms. The monoisotopic (exact) mass is 544 g/mol. The standard InChI is InChI=1S/C29H40N2O8/c1-7-9-15-23(24(8-2)39-22-13-11-10-12-14-22)20(4)38-29(34)19(3)31-28(33)26-27(37-18-36-21(5)32)25(35-6)16-17-30-26/h10-14,16-17,19-20,23-24H,7-9,15,18H2,1-6H3,(H,31,33)/t19-,20-,23-,24-/m0/s1. The number of nitrogens with zero attached hydrogens (tertiary/aromatic N) is 1. The molecule has 1 heterocycles.